The van der Waals surface area contributed by atoms with Gasteiger partial charge in [0.2, 0.25) is 0 Å². The molecular weight excluding hydrogens is 817 g/mol. The summed E-state index contributed by atoms with van der Waals surface area (Å²) in [4.78, 5) is 20.6. The Morgan fingerprint density at radius 1 is 0.692 bits per heavy atom. The van der Waals surface area contributed by atoms with Crippen molar-refractivity contribution >= 4 is 16.7 Å². The van der Waals surface area contributed by atoms with Crippen LogP contribution in [0.3, 0.4) is 0 Å². The van der Waals surface area contributed by atoms with Crippen LogP contribution in [0.5, 0.6) is 0 Å². The van der Waals surface area contributed by atoms with E-state index in [9.17, 15) is 9.90 Å². The molecule has 267 valence electrons. The van der Waals surface area contributed by atoms with Crippen molar-refractivity contribution in [3.05, 3.63) is 156 Å². The summed E-state index contributed by atoms with van der Waals surface area (Å²) in [5.41, 5.74) is 13.3. The minimum atomic E-state index is -0.417. The molecule has 4 aromatic carbocycles. The van der Waals surface area contributed by atoms with Crippen LogP contribution in [0.25, 0.3) is 44.5 Å². The Labute approximate surface area is 322 Å². The summed E-state index contributed by atoms with van der Waals surface area (Å²) in [6.45, 7) is 11.1. The number of carbonyl (C=O) groups excluding carboxylic acids is 1. The third-order valence-corrected chi connectivity index (χ3v) is 9.32. The number of hydrogen-bond donors (Lipinski definition) is 1. The predicted molar refractivity (Wildman–Crippen MR) is 209 cm³/mol. The van der Waals surface area contributed by atoms with Gasteiger partial charge in [-0.2, -0.15) is 0 Å². The van der Waals surface area contributed by atoms with E-state index >= 15 is 0 Å². The quantitative estimate of drug-likeness (QED) is 0.109. The van der Waals surface area contributed by atoms with Crippen molar-refractivity contribution in [1.82, 2.24) is 9.97 Å². The maximum absolute atomic E-state index is 11.5. The first-order chi connectivity index (χ1) is 24.4. The van der Waals surface area contributed by atoms with Crippen LogP contribution >= 0.6 is 0 Å². The Kier molecular flexibility index (Phi) is 12.1. The van der Waals surface area contributed by atoms with Crippen molar-refractivity contribution in [2.45, 2.75) is 67.2 Å². The zero-order chi connectivity index (χ0) is 36.2. The average molecular weight is 863 g/mol. The molecule has 2 aliphatic rings. The second-order valence-corrected chi connectivity index (χ2v) is 15.3. The first-order valence-electron chi connectivity index (χ1n) is 17.8. The van der Waals surface area contributed by atoms with Gasteiger partial charge in [-0.25, -0.2) is 0 Å². The summed E-state index contributed by atoms with van der Waals surface area (Å²) >= 11 is 0. The molecule has 0 aliphatic heterocycles. The van der Waals surface area contributed by atoms with Gasteiger partial charge < -0.3 is 10.1 Å². The van der Waals surface area contributed by atoms with E-state index in [1.807, 2.05) is 84.0 Å². The van der Waals surface area contributed by atoms with Crippen molar-refractivity contribution in [3.8, 4) is 33.6 Å². The molecule has 1 radical (unpaired) electrons. The molecule has 0 atom stereocenters. The molecule has 2 aliphatic carbocycles. The Balaban J connectivity index is 0.000000170. The molecule has 5 heteroatoms. The zero-order valence-corrected chi connectivity index (χ0v) is 33.3. The minimum absolute atomic E-state index is 0. The maximum Gasteiger partial charge on any atom is 0.164 e. The van der Waals surface area contributed by atoms with E-state index in [2.05, 4.69) is 77.8 Å². The second-order valence-electron chi connectivity index (χ2n) is 15.3. The Morgan fingerprint density at radius 2 is 1.38 bits per heavy atom. The topological polar surface area (TPSA) is 63.1 Å². The van der Waals surface area contributed by atoms with E-state index in [-0.39, 0.29) is 37.1 Å². The summed E-state index contributed by atoms with van der Waals surface area (Å²) in [5, 5.41) is 10.7. The number of para-hydroxylation sites is 1. The summed E-state index contributed by atoms with van der Waals surface area (Å²) in [6.07, 6.45) is 7.59. The fourth-order valence-electron chi connectivity index (χ4n) is 6.30. The van der Waals surface area contributed by atoms with Gasteiger partial charge >= 0.3 is 0 Å². The molecule has 4 nitrogen and oxygen atoms in total. The van der Waals surface area contributed by atoms with Crippen LogP contribution < -0.4 is 0 Å². The number of ketones is 1. The molecule has 6 aromatic rings. The SMILES string of the molecule is CC(C)(C)C(=O)/C=C(\O)C(C)(C)C.[Ir].[c-]1c(-c2ccc3ccccc3n2)cc2c3c1CCc1cccc(c1-3)CC2.[c-]1ccccc1-c1ccccn1. The monoisotopic (exact) mass is 863 g/mol. The van der Waals surface area contributed by atoms with Gasteiger partial charge in [-0.1, -0.05) is 113 Å². The Morgan fingerprint density at radius 3 is 2.06 bits per heavy atom. The summed E-state index contributed by atoms with van der Waals surface area (Å²) in [7, 11) is 0. The number of aliphatic hydroxyl groups is 1. The molecule has 0 saturated heterocycles. The van der Waals surface area contributed by atoms with E-state index in [1.54, 1.807) is 6.20 Å². The van der Waals surface area contributed by atoms with Crippen LogP contribution in [-0.4, -0.2) is 20.9 Å². The van der Waals surface area contributed by atoms with E-state index in [1.165, 1.54) is 44.8 Å². The van der Waals surface area contributed by atoms with E-state index in [0.29, 0.717) is 0 Å². The summed E-state index contributed by atoms with van der Waals surface area (Å²) < 4.78 is 0. The smallest absolute Gasteiger partial charge is 0.164 e. The standard InChI is InChI=1S/C25H18N.C11H8N.C11H20O2.Ir/c1-2-7-22-16(4-1)12-13-23(26-22)21-14-19-10-8-17-5-3-6-18-9-11-20(15-21)25(19)24(17)18;1-2-6-10(7-3-1)11-8-4-5-9-12-11;1-10(2,3)8(12)7-9(13)11(4,5)6;/h1-7,12-14H,8-11H2;1-6,8-9H;7,12H,1-6H3;/q2*-1;;/b;;8-7-;. The number of nitrogens with zero attached hydrogens (tertiary/aromatic N) is 2. The van der Waals surface area contributed by atoms with Crippen molar-refractivity contribution in [1.29, 1.82) is 0 Å². The van der Waals surface area contributed by atoms with E-state index in [0.717, 1.165) is 53.7 Å². The molecule has 0 spiro atoms. The van der Waals surface area contributed by atoms with Gasteiger partial charge in [0.15, 0.2) is 5.78 Å². The number of benzene rings is 4. The maximum atomic E-state index is 11.5. The van der Waals surface area contributed by atoms with Crippen LogP contribution in [0.15, 0.2) is 121 Å². The van der Waals surface area contributed by atoms with Gasteiger partial charge in [0, 0.05) is 43.2 Å². The first-order valence-corrected chi connectivity index (χ1v) is 17.8. The first kappa shape index (κ1) is 38.5. The van der Waals surface area contributed by atoms with Gasteiger partial charge in [0.05, 0.1) is 5.52 Å². The van der Waals surface area contributed by atoms with Gasteiger partial charge in [-0.05, 0) is 65.7 Å². The Hall–Kier alpha value is -4.70. The third kappa shape index (κ3) is 9.02. The van der Waals surface area contributed by atoms with Crippen molar-refractivity contribution in [2.24, 2.45) is 10.8 Å². The molecule has 0 bridgehead atoms. The molecule has 2 heterocycles. The number of rotatable bonds is 3. The normalized spacial score (nSPS) is 13.0. The zero-order valence-electron chi connectivity index (χ0n) is 30.9. The third-order valence-electron chi connectivity index (χ3n) is 9.32. The molecule has 1 N–H and O–H groups in total. The van der Waals surface area contributed by atoms with Gasteiger partial charge in [-0.3, -0.25) is 9.78 Å². The number of aliphatic hydroxyl groups excluding tert-OH is 1. The van der Waals surface area contributed by atoms with E-state index in [4.69, 9.17) is 4.98 Å². The number of allylic oxidation sites excluding steroid dienone is 2. The molecular formula is C47H46IrN2O2-2. The van der Waals surface area contributed by atoms with Crippen LogP contribution in [0, 0.1) is 23.0 Å². The average Bonchev–Trinajstić information content (AvgIpc) is 3.14. The molecule has 0 amide bonds. The predicted octanol–water partition coefficient (Wildman–Crippen LogP) is 11.2. The number of aryl methyl sites for hydroxylation is 4. The molecule has 8 rings (SSSR count). The number of hydrogen-bond acceptors (Lipinski definition) is 4. The minimum Gasteiger partial charge on any atom is -0.512 e. The van der Waals surface area contributed by atoms with Gasteiger partial charge in [0.1, 0.15) is 5.76 Å². The van der Waals surface area contributed by atoms with Crippen LogP contribution in [0.2, 0.25) is 0 Å². The summed E-state index contributed by atoms with van der Waals surface area (Å²) in [6, 6.07) is 42.3. The molecule has 2 aromatic heterocycles. The molecule has 52 heavy (non-hydrogen) atoms. The number of carbonyl (C=O) groups is 1. The molecule has 0 unspecified atom stereocenters. The Bertz CT molecular complexity index is 2110. The molecule has 0 fully saturated rings. The second kappa shape index (κ2) is 16.3. The van der Waals surface area contributed by atoms with Crippen molar-refractivity contribution in [3.63, 3.8) is 0 Å². The van der Waals surface area contributed by atoms with Gasteiger partial charge in [0.25, 0.3) is 0 Å². The largest absolute Gasteiger partial charge is 0.512 e. The van der Waals surface area contributed by atoms with Crippen LogP contribution in [0.1, 0.15) is 63.8 Å². The fourth-order valence-corrected chi connectivity index (χ4v) is 6.30. The number of aromatic nitrogens is 2. The van der Waals surface area contributed by atoms with Crippen LogP contribution in [0.4, 0.5) is 0 Å². The van der Waals surface area contributed by atoms with E-state index < -0.39 is 5.41 Å². The molecule has 0 saturated carbocycles. The summed E-state index contributed by atoms with van der Waals surface area (Å²) in [5.74, 6) is 0.104. The van der Waals surface area contributed by atoms with Crippen LogP contribution in [-0.2, 0) is 50.6 Å². The van der Waals surface area contributed by atoms with Crippen molar-refractivity contribution in [2.75, 3.05) is 0 Å². The van der Waals surface area contributed by atoms with Crippen molar-refractivity contribution < 1.29 is 30.0 Å². The van der Waals surface area contributed by atoms with Gasteiger partial charge in [-0.15, -0.1) is 64.7 Å². The number of fused-ring (bicyclic) bond motifs is 1. The fraction of sp³-hybridized carbons (Fsp3) is 0.255. The number of pyridine rings is 2.